The number of benzene rings is 1. The maximum atomic E-state index is 8.97. The Labute approximate surface area is 81.0 Å². The fourth-order valence-corrected chi connectivity index (χ4v) is 0.906. The molecule has 0 atom stereocenters. The Hall–Kier alpha value is -1.37. The molecule has 1 aromatic heterocycles. The van der Waals surface area contributed by atoms with Crippen molar-refractivity contribution in [2.75, 3.05) is 0 Å². The molecule has 14 heavy (non-hydrogen) atoms. The zero-order valence-electron chi connectivity index (χ0n) is 7.12. The minimum atomic E-state index is -4.17. The van der Waals surface area contributed by atoms with E-state index in [1.807, 2.05) is 30.3 Å². The Balaban J connectivity index is 0.000000171. The van der Waals surface area contributed by atoms with Gasteiger partial charge in [-0.2, -0.15) is 8.42 Å². The van der Waals surface area contributed by atoms with E-state index in [0.717, 1.165) is 11.0 Å². The number of hydrogen-bond acceptors (Lipinski definition) is 3. The standard InChI is InChI=1S/C8H6O.H3NO3S/c1-2-4-8-7(3-1)5-6-9-8;1-5(2,3)4/h1-6H;(H3,1,2,3,4). The maximum absolute atomic E-state index is 8.97. The number of para-hydroxylation sites is 1. The van der Waals surface area contributed by atoms with E-state index in [2.05, 4.69) is 5.14 Å². The van der Waals surface area contributed by atoms with E-state index >= 15 is 0 Å². The Kier molecular flexibility index (Phi) is 3.23. The number of nitrogens with two attached hydrogens (primary N) is 1. The summed E-state index contributed by atoms with van der Waals surface area (Å²) in [6.45, 7) is 0. The Bertz CT molecular complexity index is 465. The number of hydrogen-bond donors (Lipinski definition) is 2. The van der Waals surface area contributed by atoms with Crippen LogP contribution in [0.25, 0.3) is 11.0 Å². The first-order valence-electron chi connectivity index (χ1n) is 3.64. The fraction of sp³-hybridized carbons (Fsp3) is 0. The topological polar surface area (TPSA) is 93.5 Å². The van der Waals surface area contributed by atoms with Gasteiger partial charge < -0.3 is 4.42 Å². The molecule has 0 amide bonds. The van der Waals surface area contributed by atoms with Crippen molar-refractivity contribution in [3.8, 4) is 0 Å². The fourth-order valence-electron chi connectivity index (χ4n) is 0.906. The molecule has 0 saturated carbocycles. The van der Waals surface area contributed by atoms with Crippen LogP contribution < -0.4 is 5.14 Å². The lowest BCUT2D eigenvalue weighted by Crippen LogP contribution is -2.08. The zero-order valence-corrected chi connectivity index (χ0v) is 7.94. The van der Waals surface area contributed by atoms with Crippen molar-refractivity contribution in [2.24, 2.45) is 5.14 Å². The third-order valence-electron chi connectivity index (χ3n) is 1.36. The van der Waals surface area contributed by atoms with Gasteiger partial charge in [-0.15, -0.1) is 0 Å². The summed E-state index contributed by atoms with van der Waals surface area (Å²) in [5, 5.41) is 5.05. The van der Waals surface area contributed by atoms with Crippen LogP contribution in [-0.2, 0) is 10.3 Å². The largest absolute Gasteiger partial charge is 0.464 e. The van der Waals surface area contributed by atoms with E-state index in [-0.39, 0.29) is 0 Å². The van der Waals surface area contributed by atoms with Gasteiger partial charge >= 0.3 is 10.3 Å². The Morgan fingerprint density at radius 2 is 1.79 bits per heavy atom. The van der Waals surface area contributed by atoms with Gasteiger partial charge in [-0.25, -0.2) is 5.14 Å². The maximum Gasteiger partial charge on any atom is 0.330 e. The Morgan fingerprint density at radius 1 is 1.21 bits per heavy atom. The van der Waals surface area contributed by atoms with E-state index in [9.17, 15) is 0 Å². The number of furan rings is 1. The van der Waals surface area contributed by atoms with Crippen LogP contribution in [0.5, 0.6) is 0 Å². The molecule has 1 aromatic carbocycles. The van der Waals surface area contributed by atoms with E-state index in [0.29, 0.717) is 0 Å². The number of rotatable bonds is 0. The van der Waals surface area contributed by atoms with Crippen molar-refractivity contribution in [3.63, 3.8) is 0 Å². The molecule has 0 radical (unpaired) electrons. The van der Waals surface area contributed by atoms with Crippen LogP contribution in [0.15, 0.2) is 41.0 Å². The molecule has 3 N–H and O–H groups in total. The minimum Gasteiger partial charge on any atom is -0.464 e. The summed E-state index contributed by atoms with van der Waals surface area (Å²) in [5.74, 6) is 0. The van der Waals surface area contributed by atoms with Crippen LogP contribution in [0.2, 0.25) is 0 Å². The van der Waals surface area contributed by atoms with E-state index < -0.39 is 10.3 Å². The highest BCUT2D eigenvalue weighted by atomic mass is 32.2. The van der Waals surface area contributed by atoms with Gasteiger partial charge in [-0.05, 0) is 12.1 Å². The monoisotopic (exact) mass is 215 g/mol. The average Bonchev–Trinajstić information content (AvgIpc) is 2.47. The van der Waals surface area contributed by atoms with Crippen LogP contribution in [0, 0.1) is 0 Å². The van der Waals surface area contributed by atoms with Crippen molar-refractivity contribution >= 4 is 21.3 Å². The van der Waals surface area contributed by atoms with Gasteiger partial charge in [0.25, 0.3) is 0 Å². The lowest BCUT2D eigenvalue weighted by molar-refractivity contribution is 0.485. The van der Waals surface area contributed by atoms with Crippen molar-refractivity contribution in [2.45, 2.75) is 0 Å². The van der Waals surface area contributed by atoms with Gasteiger partial charge in [0.05, 0.1) is 6.26 Å². The normalized spacial score (nSPS) is 10.7. The first-order valence-corrected chi connectivity index (χ1v) is 5.14. The second kappa shape index (κ2) is 4.23. The van der Waals surface area contributed by atoms with Crippen LogP contribution in [-0.4, -0.2) is 13.0 Å². The first kappa shape index (κ1) is 10.7. The second-order valence-electron chi connectivity index (χ2n) is 2.47. The van der Waals surface area contributed by atoms with Crippen molar-refractivity contribution in [3.05, 3.63) is 36.6 Å². The van der Waals surface area contributed by atoms with E-state index in [1.165, 1.54) is 0 Å². The molecule has 0 fully saturated rings. The highest BCUT2D eigenvalue weighted by Gasteiger charge is 1.89. The van der Waals surface area contributed by atoms with Gasteiger partial charge in [0.1, 0.15) is 5.58 Å². The molecule has 0 unspecified atom stereocenters. The third-order valence-corrected chi connectivity index (χ3v) is 1.36. The summed E-state index contributed by atoms with van der Waals surface area (Å²) in [7, 11) is -4.17. The van der Waals surface area contributed by atoms with Crippen LogP contribution in [0.3, 0.4) is 0 Å². The lowest BCUT2D eigenvalue weighted by atomic mass is 10.3. The lowest BCUT2D eigenvalue weighted by Gasteiger charge is -1.81. The summed E-state index contributed by atoms with van der Waals surface area (Å²) < 4.78 is 30.3. The highest BCUT2D eigenvalue weighted by Crippen LogP contribution is 2.12. The molecule has 2 rings (SSSR count). The molecule has 0 bridgehead atoms. The highest BCUT2D eigenvalue weighted by molar-refractivity contribution is 7.83. The molecule has 2 aromatic rings. The SMILES string of the molecule is NS(=O)(=O)O.c1ccc2occc2c1. The molecule has 0 spiro atoms. The average molecular weight is 215 g/mol. The van der Waals surface area contributed by atoms with Gasteiger partial charge in [0.15, 0.2) is 0 Å². The quantitative estimate of drug-likeness (QED) is 0.645. The molecular weight excluding hydrogens is 206 g/mol. The van der Waals surface area contributed by atoms with E-state index in [4.69, 9.17) is 17.4 Å². The molecule has 5 nitrogen and oxygen atoms in total. The summed E-state index contributed by atoms with van der Waals surface area (Å²) in [6.07, 6.45) is 1.70. The molecule has 0 aliphatic heterocycles. The predicted octanol–water partition coefficient (Wildman–Crippen LogP) is 1.18. The van der Waals surface area contributed by atoms with Gasteiger partial charge in [0.2, 0.25) is 0 Å². The number of fused-ring (bicyclic) bond motifs is 1. The zero-order chi connectivity index (χ0) is 10.6. The summed E-state index contributed by atoms with van der Waals surface area (Å²) in [4.78, 5) is 0. The van der Waals surface area contributed by atoms with Gasteiger partial charge in [-0.1, -0.05) is 18.2 Å². The van der Waals surface area contributed by atoms with Crippen LogP contribution in [0.1, 0.15) is 0 Å². The summed E-state index contributed by atoms with van der Waals surface area (Å²) in [6, 6.07) is 9.90. The third kappa shape index (κ3) is 4.04. The van der Waals surface area contributed by atoms with Crippen LogP contribution in [0.4, 0.5) is 0 Å². The van der Waals surface area contributed by atoms with Gasteiger partial charge in [-0.3, -0.25) is 4.55 Å². The predicted molar refractivity (Wildman–Crippen MR) is 52.0 cm³/mol. The molecule has 0 saturated heterocycles. The van der Waals surface area contributed by atoms with Gasteiger partial charge in [0, 0.05) is 5.39 Å². The molecule has 76 valence electrons. The first-order chi connectivity index (χ1) is 6.47. The second-order valence-corrected chi connectivity index (χ2v) is 3.50. The van der Waals surface area contributed by atoms with Crippen molar-refractivity contribution in [1.82, 2.24) is 0 Å². The molecule has 1 heterocycles. The molecule has 6 heteroatoms. The van der Waals surface area contributed by atoms with E-state index in [1.54, 1.807) is 6.26 Å². The van der Waals surface area contributed by atoms with Crippen molar-refractivity contribution in [1.29, 1.82) is 0 Å². The molecule has 0 aliphatic rings. The Morgan fingerprint density at radius 3 is 2.36 bits per heavy atom. The summed E-state index contributed by atoms with van der Waals surface area (Å²) >= 11 is 0. The minimum absolute atomic E-state index is 0.956. The molecule has 0 aliphatic carbocycles. The van der Waals surface area contributed by atoms with Crippen LogP contribution >= 0.6 is 0 Å². The van der Waals surface area contributed by atoms with Crippen molar-refractivity contribution < 1.29 is 17.4 Å². The smallest absolute Gasteiger partial charge is 0.330 e. The molecular formula is C8H9NO4S. The summed E-state index contributed by atoms with van der Waals surface area (Å²) in [5.41, 5.74) is 0.956.